The molecule has 0 atom stereocenters. The second-order valence-electron chi connectivity index (χ2n) is 5.58. The normalized spacial score (nSPS) is 15.3. The third kappa shape index (κ3) is 3.72. The molecule has 0 radical (unpaired) electrons. The Morgan fingerprint density at radius 3 is 2.50 bits per heavy atom. The molecule has 2 heterocycles. The molecule has 0 spiro atoms. The number of nitro groups is 1. The van der Waals surface area contributed by atoms with Crippen LogP contribution in [-0.4, -0.2) is 53.0 Å². The highest BCUT2D eigenvalue weighted by atomic mass is 35.5. The number of hydrogen-bond acceptors (Lipinski definition) is 7. The lowest BCUT2D eigenvalue weighted by Gasteiger charge is -2.32. The van der Waals surface area contributed by atoms with Gasteiger partial charge in [0.1, 0.15) is 6.20 Å². The van der Waals surface area contributed by atoms with E-state index in [-0.39, 0.29) is 5.69 Å². The van der Waals surface area contributed by atoms with Crippen LogP contribution in [0.4, 0.5) is 23.1 Å². The Kier molecular flexibility index (Phi) is 4.77. The number of hydrogen-bond donors (Lipinski definition) is 1. The maximum absolute atomic E-state index is 11.3. The number of nitrogens with one attached hydrogen (secondary N) is 1. The van der Waals surface area contributed by atoms with Gasteiger partial charge in [-0.1, -0.05) is 11.6 Å². The van der Waals surface area contributed by atoms with E-state index < -0.39 is 4.92 Å². The number of piperazine rings is 1. The number of likely N-dealkylation sites (N-methyl/N-ethyl adjacent to an activating group) is 1. The van der Waals surface area contributed by atoms with Crippen LogP contribution in [0.3, 0.4) is 0 Å². The van der Waals surface area contributed by atoms with Crippen molar-refractivity contribution in [3.63, 3.8) is 0 Å². The van der Waals surface area contributed by atoms with Gasteiger partial charge in [-0.2, -0.15) is 4.98 Å². The SMILES string of the molecule is CN1CCN(c2nc(Nc3ccc(Cl)cc3)ncc2[N+](=O)[O-])CC1. The summed E-state index contributed by atoms with van der Waals surface area (Å²) in [5.74, 6) is 0.663. The minimum atomic E-state index is -0.445. The fourth-order valence-electron chi connectivity index (χ4n) is 2.47. The topological polar surface area (TPSA) is 87.4 Å². The predicted molar refractivity (Wildman–Crippen MR) is 93.1 cm³/mol. The zero-order valence-electron chi connectivity index (χ0n) is 13.1. The van der Waals surface area contributed by atoms with Gasteiger partial charge in [0, 0.05) is 36.9 Å². The average molecular weight is 349 g/mol. The molecule has 24 heavy (non-hydrogen) atoms. The predicted octanol–water partition coefficient (Wildman–Crippen LogP) is 2.53. The number of anilines is 3. The van der Waals surface area contributed by atoms with Crippen molar-refractivity contribution >= 4 is 34.7 Å². The van der Waals surface area contributed by atoms with Crippen molar-refractivity contribution in [1.29, 1.82) is 0 Å². The molecule has 1 aromatic heterocycles. The number of aromatic nitrogens is 2. The second-order valence-corrected chi connectivity index (χ2v) is 6.02. The lowest BCUT2D eigenvalue weighted by Crippen LogP contribution is -2.45. The smallest absolute Gasteiger partial charge is 0.329 e. The molecule has 1 aliphatic rings. The van der Waals surface area contributed by atoms with Gasteiger partial charge in [-0.15, -0.1) is 0 Å². The van der Waals surface area contributed by atoms with Crippen LogP contribution >= 0.6 is 11.6 Å². The Balaban J connectivity index is 1.87. The van der Waals surface area contributed by atoms with Crippen LogP contribution in [0.5, 0.6) is 0 Å². The molecule has 0 amide bonds. The molecule has 0 unspecified atom stereocenters. The van der Waals surface area contributed by atoms with E-state index in [9.17, 15) is 10.1 Å². The van der Waals surface area contributed by atoms with Crippen LogP contribution in [0.25, 0.3) is 0 Å². The van der Waals surface area contributed by atoms with E-state index in [2.05, 4.69) is 20.2 Å². The van der Waals surface area contributed by atoms with E-state index in [1.54, 1.807) is 24.3 Å². The quantitative estimate of drug-likeness (QED) is 0.671. The first-order valence-electron chi connectivity index (χ1n) is 7.50. The third-order valence-corrected chi connectivity index (χ3v) is 4.10. The van der Waals surface area contributed by atoms with Crippen molar-refractivity contribution in [2.24, 2.45) is 0 Å². The van der Waals surface area contributed by atoms with E-state index in [4.69, 9.17) is 11.6 Å². The summed E-state index contributed by atoms with van der Waals surface area (Å²) in [5.41, 5.74) is 0.679. The van der Waals surface area contributed by atoms with Gasteiger partial charge >= 0.3 is 5.69 Å². The summed E-state index contributed by atoms with van der Waals surface area (Å²) < 4.78 is 0. The molecular formula is C15H17ClN6O2. The molecule has 1 N–H and O–H groups in total. The lowest BCUT2D eigenvalue weighted by molar-refractivity contribution is -0.384. The molecule has 126 valence electrons. The van der Waals surface area contributed by atoms with Gasteiger partial charge in [-0.25, -0.2) is 4.98 Å². The van der Waals surface area contributed by atoms with E-state index in [1.807, 2.05) is 11.9 Å². The Labute approximate surface area is 144 Å². The molecule has 0 saturated carbocycles. The van der Waals surface area contributed by atoms with Gasteiger partial charge in [0.25, 0.3) is 0 Å². The summed E-state index contributed by atoms with van der Waals surface area (Å²) in [7, 11) is 2.03. The van der Waals surface area contributed by atoms with Gasteiger partial charge in [0.15, 0.2) is 0 Å². The summed E-state index contributed by atoms with van der Waals surface area (Å²) in [6.07, 6.45) is 1.25. The van der Waals surface area contributed by atoms with Crippen molar-refractivity contribution < 1.29 is 4.92 Å². The van der Waals surface area contributed by atoms with Crippen molar-refractivity contribution in [3.8, 4) is 0 Å². The fourth-order valence-corrected chi connectivity index (χ4v) is 2.59. The van der Waals surface area contributed by atoms with Gasteiger partial charge in [-0.3, -0.25) is 10.1 Å². The van der Waals surface area contributed by atoms with Crippen LogP contribution in [0.1, 0.15) is 0 Å². The zero-order chi connectivity index (χ0) is 17.1. The number of nitrogens with zero attached hydrogens (tertiary/aromatic N) is 5. The van der Waals surface area contributed by atoms with Crippen molar-refractivity contribution in [2.75, 3.05) is 43.4 Å². The molecule has 8 nitrogen and oxygen atoms in total. The molecular weight excluding hydrogens is 332 g/mol. The first-order valence-corrected chi connectivity index (χ1v) is 7.88. The van der Waals surface area contributed by atoms with Crippen molar-refractivity contribution in [1.82, 2.24) is 14.9 Å². The average Bonchev–Trinajstić information content (AvgIpc) is 2.57. The Bertz CT molecular complexity index is 731. The maximum atomic E-state index is 11.3. The monoisotopic (exact) mass is 348 g/mol. The second kappa shape index (κ2) is 6.98. The van der Waals surface area contributed by atoms with Gasteiger partial charge < -0.3 is 15.1 Å². The van der Waals surface area contributed by atoms with E-state index in [1.165, 1.54) is 6.20 Å². The van der Waals surface area contributed by atoms with E-state index in [0.717, 1.165) is 18.8 Å². The Morgan fingerprint density at radius 2 is 1.88 bits per heavy atom. The molecule has 3 rings (SSSR count). The van der Waals surface area contributed by atoms with Gasteiger partial charge in [0.2, 0.25) is 11.8 Å². The minimum Gasteiger partial charge on any atom is -0.348 e. The van der Waals surface area contributed by atoms with Gasteiger partial charge in [-0.05, 0) is 31.3 Å². The standard InChI is InChI=1S/C15H17ClN6O2/c1-20-6-8-21(9-7-20)14-13(22(23)24)10-17-15(19-14)18-12-4-2-11(16)3-5-12/h2-5,10H,6-9H2,1H3,(H,17,18,19). The van der Waals surface area contributed by atoms with Crippen LogP contribution < -0.4 is 10.2 Å². The minimum absolute atomic E-state index is 0.0822. The van der Waals surface area contributed by atoms with Crippen LogP contribution in [0.2, 0.25) is 5.02 Å². The molecule has 9 heteroatoms. The lowest BCUT2D eigenvalue weighted by atomic mass is 10.3. The molecule has 1 aromatic carbocycles. The first kappa shape index (κ1) is 16.4. The molecule has 1 aliphatic heterocycles. The number of halogens is 1. The zero-order valence-corrected chi connectivity index (χ0v) is 13.9. The van der Waals surface area contributed by atoms with Crippen LogP contribution in [-0.2, 0) is 0 Å². The first-order chi connectivity index (χ1) is 11.5. The van der Waals surface area contributed by atoms with Crippen molar-refractivity contribution in [2.45, 2.75) is 0 Å². The summed E-state index contributed by atoms with van der Waals surface area (Å²) in [6.45, 7) is 3.05. The third-order valence-electron chi connectivity index (χ3n) is 3.85. The fraction of sp³-hybridized carbons (Fsp3) is 0.333. The van der Waals surface area contributed by atoms with Gasteiger partial charge in [0.05, 0.1) is 4.92 Å². The van der Waals surface area contributed by atoms with Crippen LogP contribution in [0.15, 0.2) is 30.5 Å². The molecule has 1 saturated heterocycles. The maximum Gasteiger partial charge on any atom is 0.329 e. The highest BCUT2D eigenvalue weighted by Crippen LogP contribution is 2.28. The number of benzene rings is 1. The Hall–Kier alpha value is -2.45. The van der Waals surface area contributed by atoms with Crippen molar-refractivity contribution in [3.05, 3.63) is 45.6 Å². The Morgan fingerprint density at radius 1 is 1.21 bits per heavy atom. The molecule has 2 aromatic rings. The van der Waals surface area contributed by atoms with E-state index in [0.29, 0.717) is 29.9 Å². The summed E-state index contributed by atoms with van der Waals surface area (Å²) in [6, 6.07) is 7.08. The number of rotatable bonds is 4. The summed E-state index contributed by atoms with van der Waals surface area (Å²) in [5, 5.41) is 15.0. The molecule has 0 bridgehead atoms. The summed E-state index contributed by atoms with van der Waals surface area (Å²) in [4.78, 5) is 23.4. The van der Waals surface area contributed by atoms with E-state index >= 15 is 0 Å². The highest BCUT2D eigenvalue weighted by molar-refractivity contribution is 6.30. The molecule has 1 fully saturated rings. The largest absolute Gasteiger partial charge is 0.348 e. The highest BCUT2D eigenvalue weighted by Gasteiger charge is 2.25. The van der Waals surface area contributed by atoms with Crippen LogP contribution in [0, 0.1) is 10.1 Å². The summed E-state index contributed by atoms with van der Waals surface area (Å²) >= 11 is 5.86. The molecule has 0 aliphatic carbocycles.